The fourth-order valence-electron chi connectivity index (χ4n) is 2.74. The number of nitro benzene ring substituents is 1. The first kappa shape index (κ1) is 13.4. The van der Waals surface area contributed by atoms with Gasteiger partial charge in [0.25, 0.3) is 5.69 Å². The second-order valence-electron chi connectivity index (χ2n) is 5.30. The third kappa shape index (κ3) is 2.13. The molecule has 0 amide bonds. The number of benzene rings is 2. The van der Waals surface area contributed by atoms with Gasteiger partial charge >= 0.3 is 0 Å². The summed E-state index contributed by atoms with van der Waals surface area (Å²) in [5.41, 5.74) is 1.84. The van der Waals surface area contributed by atoms with Gasteiger partial charge in [0.05, 0.1) is 16.3 Å². The molecule has 0 bridgehead atoms. The summed E-state index contributed by atoms with van der Waals surface area (Å²) in [6.07, 6.45) is -0.888. The van der Waals surface area contributed by atoms with E-state index in [1.54, 1.807) is 6.07 Å². The maximum Gasteiger partial charge on any atom is 0.269 e. The molecule has 2 unspecified atom stereocenters. The van der Waals surface area contributed by atoms with E-state index in [4.69, 9.17) is 4.74 Å². The molecule has 2 aliphatic rings. The topological polar surface area (TPSA) is 93.8 Å². The lowest BCUT2D eigenvalue weighted by Gasteiger charge is -2.18. The molecular weight excluding hydrogens is 298 g/mol. The van der Waals surface area contributed by atoms with Gasteiger partial charge in [0.15, 0.2) is 12.1 Å². The summed E-state index contributed by atoms with van der Waals surface area (Å²) in [7, 11) is 0. The highest BCUT2D eigenvalue weighted by molar-refractivity contribution is 6.16. The molecule has 2 heterocycles. The number of aliphatic imine (C=N–C) groups is 1. The number of carbonyl (C=O) groups excluding carboxylic acids is 1. The highest BCUT2D eigenvalue weighted by Gasteiger charge is 2.44. The van der Waals surface area contributed by atoms with E-state index in [1.807, 2.05) is 24.3 Å². The zero-order valence-corrected chi connectivity index (χ0v) is 11.8. The van der Waals surface area contributed by atoms with Gasteiger partial charge in [0.1, 0.15) is 0 Å². The molecule has 4 rings (SSSR count). The van der Waals surface area contributed by atoms with Crippen LogP contribution in [0.4, 0.5) is 17.1 Å². The van der Waals surface area contributed by atoms with Crippen molar-refractivity contribution in [1.29, 1.82) is 0 Å². The average molecular weight is 309 g/mol. The van der Waals surface area contributed by atoms with Gasteiger partial charge in [-0.1, -0.05) is 24.3 Å². The molecule has 1 N–H and O–H groups in total. The minimum atomic E-state index is -0.888. The van der Waals surface area contributed by atoms with Crippen molar-refractivity contribution in [2.24, 2.45) is 4.99 Å². The Hall–Kier alpha value is -3.22. The first-order valence-corrected chi connectivity index (χ1v) is 7.02. The first-order valence-electron chi connectivity index (χ1n) is 7.02. The maximum absolute atomic E-state index is 12.6. The number of hydrogen-bond acceptors (Lipinski definition) is 6. The van der Waals surface area contributed by atoms with Gasteiger partial charge in [-0.3, -0.25) is 14.9 Å². The number of carbonyl (C=O) groups is 1. The van der Waals surface area contributed by atoms with E-state index < -0.39 is 17.1 Å². The van der Waals surface area contributed by atoms with Crippen LogP contribution in [0.15, 0.2) is 53.5 Å². The molecule has 0 radical (unpaired) electrons. The van der Waals surface area contributed by atoms with Crippen LogP contribution < -0.4 is 5.32 Å². The van der Waals surface area contributed by atoms with Crippen LogP contribution in [-0.2, 0) is 9.53 Å². The summed E-state index contributed by atoms with van der Waals surface area (Å²) in [6.45, 7) is 0. The third-order valence-electron chi connectivity index (χ3n) is 3.85. The van der Waals surface area contributed by atoms with Gasteiger partial charge in [0, 0.05) is 17.7 Å². The van der Waals surface area contributed by atoms with E-state index in [1.165, 1.54) is 18.2 Å². The van der Waals surface area contributed by atoms with Crippen molar-refractivity contribution >= 4 is 28.7 Å². The lowest BCUT2D eigenvalue weighted by molar-refractivity contribution is -0.384. The van der Waals surface area contributed by atoms with Crippen molar-refractivity contribution in [1.82, 2.24) is 0 Å². The molecule has 1 saturated heterocycles. The van der Waals surface area contributed by atoms with E-state index in [-0.39, 0.29) is 11.5 Å². The number of para-hydroxylation sites is 2. The summed E-state index contributed by atoms with van der Waals surface area (Å²) < 4.78 is 5.67. The van der Waals surface area contributed by atoms with Crippen LogP contribution >= 0.6 is 0 Å². The van der Waals surface area contributed by atoms with Crippen molar-refractivity contribution < 1.29 is 14.5 Å². The average Bonchev–Trinajstić information content (AvgIpc) is 2.89. The van der Waals surface area contributed by atoms with Gasteiger partial charge in [-0.2, -0.15) is 0 Å². The molecule has 2 aliphatic heterocycles. The van der Waals surface area contributed by atoms with Gasteiger partial charge in [0.2, 0.25) is 11.7 Å². The quantitative estimate of drug-likeness (QED) is 0.680. The SMILES string of the molecule is O=C1C2Nc3ccccc3N=C2OC1c1cccc([N+](=O)[O-])c1. The van der Waals surface area contributed by atoms with Gasteiger partial charge < -0.3 is 10.1 Å². The molecule has 0 aromatic heterocycles. The number of anilines is 1. The van der Waals surface area contributed by atoms with E-state index >= 15 is 0 Å². The molecule has 0 saturated carbocycles. The van der Waals surface area contributed by atoms with Crippen LogP contribution in [-0.4, -0.2) is 22.6 Å². The smallest absolute Gasteiger partial charge is 0.269 e. The molecule has 1 fully saturated rings. The molecule has 7 heteroatoms. The van der Waals surface area contributed by atoms with Crippen molar-refractivity contribution in [2.75, 3.05) is 5.32 Å². The highest BCUT2D eigenvalue weighted by atomic mass is 16.6. The summed E-state index contributed by atoms with van der Waals surface area (Å²) in [6, 6.07) is 12.6. The number of ketones is 1. The second-order valence-corrected chi connectivity index (χ2v) is 5.30. The lowest BCUT2D eigenvalue weighted by Crippen LogP contribution is -2.33. The molecule has 114 valence electrons. The van der Waals surface area contributed by atoms with Crippen LogP contribution in [0.25, 0.3) is 0 Å². The molecule has 2 atom stereocenters. The van der Waals surface area contributed by atoms with Crippen LogP contribution in [0.3, 0.4) is 0 Å². The van der Waals surface area contributed by atoms with Crippen molar-refractivity contribution in [3.63, 3.8) is 0 Å². The summed E-state index contributed by atoms with van der Waals surface area (Å²) in [5, 5.41) is 14.0. The van der Waals surface area contributed by atoms with E-state index in [0.29, 0.717) is 17.1 Å². The third-order valence-corrected chi connectivity index (χ3v) is 3.85. The Morgan fingerprint density at radius 3 is 2.83 bits per heavy atom. The Labute approximate surface area is 130 Å². The number of Topliss-reactive ketones (excluding diaryl/α,β-unsaturated/α-hetero) is 1. The van der Waals surface area contributed by atoms with E-state index in [2.05, 4.69) is 10.3 Å². The summed E-state index contributed by atoms with van der Waals surface area (Å²) in [5.74, 6) is 0.0870. The number of nitrogens with zero attached hydrogens (tertiary/aromatic N) is 2. The van der Waals surface area contributed by atoms with E-state index in [0.717, 1.165) is 5.69 Å². The molecule has 7 nitrogen and oxygen atoms in total. The Kier molecular flexibility index (Phi) is 2.87. The standard InChI is InChI=1S/C16H11N3O4/c20-14-13-16(18-12-7-2-1-6-11(12)17-13)23-15(14)9-4-3-5-10(8-9)19(21)22/h1-8,13,15,17H. The minimum absolute atomic E-state index is 0.0769. The van der Waals surface area contributed by atoms with Gasteiger partial charge in [-0.25, -0.2) is 4.99 Å². The number of ether oxygens (including phenoxy) is 1. The normalized spacial score (nSPS) is 21.6. The number of non-ortho nitro benzene ring substituents is 1. The summed E-state index contributed by atoms with van der Waals surface area (Å²) in [4.78, 5) is 27.4. The second kappa shape index (κ2) is 4.91. The number of hydrogen-bond donors (Lipinski definition) is 1. The fourth-order valence-corrected chi connectivity index (χ4v) is 2.74. The first-order chi connectivity index (χ1) is 11.1. The Morgan fingerprint density at radius 1 is 1.17 bits per heavy atom. The van der Waals surface area contributed by atoms with Gasteiger partial charge in [-0.05, 0) is 12.1 Å². The molecule has 0 aliphatic carbocycles. The number of fused-ring (bicyclic) bond motifs is 2. The molecule has 23 heavy (non-hydrogen) atoms. The number of nitrogens with one attached hydrogen (secondary N) is 1. The predicted octanol–water partition coefficient (Wildman–Crippen LogP) is 2.76. The van der Waals surface area contributed by atoms with Crippen LogP contribution in [0.1, 0.15) is 11.7 Å². The monoisotopic (exact) mass is 309 g/mol. The predicted molar refractivity (Wildman–Crippen MR) is 82.9 cm³/mol. The molecule has 0 spiro atoms. The molecular formula is C16H11N3O4. The Bertz CT molecular complexity index is 862. The lowest BCUT2D eigenvalue weighted by atomic mass is 10.0. The largest absolute Gasteiger partial charge is 0.463 e. The van der Waals surface area contributed by atoms with Crippen molar-refractivity contribution in [3.8, 4) is 0 Å². The molecule has 2 aromatic rings. The number of nitro groups is 1. The summed E-state index contributed by atoms with van der Waals surface area (Å²) >= 11 is 0. The zero-order valence-electron chi connectivity index (χ0n) is 11.8. The fraction of sp³-hybridized carbons (Fsp3) is 0.125. The van der Waals surface area contributed by atoms with E-state index in [9.17, 15) is 14.9 Å². The highest BCUT2D eigenvalue weighted by Crippen LogP contribution is 2.37. The van der Waals surface area contributed by atoms with Crippen molar-refractivity contribution in [2.45, 2.75) is 12.1 Å². The Morgan fingerprint density at radius 2 is 2.00 bits per heavy atom. The molecule has 2 aromatic carbocycles. The van der Waals surface area contributed by atoms with Crippen LogP contribution in [0.2, 0.25) is 0 Å². The van der Waals surface area contributed by atoms with Gasteiger partial charge in [-0.15, -0.1) is 0 Å². The van der Waals surface area contributed by atoms with Crippen LogP contribution in [0, 0.1) is 10.1 Å². The maximum atomic E-state index is 12.6. The zero-order chi connectivity index (χ0) is 16.0. The minimum Gasteiger partial charge on any atom is -0.463 e. The Balaban J connectivity index is 1.69. The number of rotatable bonds is 2. The van der Waals surface area contributed by atoms with Crippen LogP contribution in [0.5, 0.6) is 0 Å². The van der Waals surface area contributed by atoms with Crippen molar-refractivity contribution in [3.05, 3.63) is 64.2 Å².